The molecule has 0 atom stereocenters. The summed E-state index contributed by atoms with van der Waals surface area (Å²) in [5.74, 6) is 0.444. The first-order chi connectivity index (χ1) is 14.9. The van der Waals surface area contributed by atoms with Crippen LogP contribution in [0.3, 0.4) is 0 Å². The van der Waals surface area contributed by atoms with E-state index in [0.29, 0.717) is 28.0 Å². The third-order valence-electron chi connectivity index (χ3n) is 4.81. The number of hydrogen-bond acceptors (Lipinski definition) is 5. The van der Waals surface area contributed by atoms with Crippen molar-refractivity contribution in [2.75, 3.05) is 12.0 Å². The number of amides is 2. The molecule has 2 aromatic carbocycles. The Balaban J connectivity index is 1.67. The standard InChI is InChI=1S/C23H17ClN2O4S/c1-13-3-4-14(24)11-18(13)20-10-9-17(30-20)12-19-21(27)25-23(31)26(22(19)28)15-5-7-16(29-2)8-6-15/h3-12H,1-2H3,(H,25,27,31)/b19-12-. The molecule has 1 N–H and O–H groups in total. The topological polar surface area (TPSA) is 71.8 Å². The summed E-state index contributed by atoms with van der Waals surface area (Å²) in [7, 11) is 1.55. The summed E-state index contributed by atoms with van der Waals surface area (Å²) in [5, 5.41) is 3.14. The molecule has 0 unspecified atom stereocenters. The van der Waals surface area contributed by atoms with E-state index < -0.39 is 11.8 Å². The van der Waals surface area contributed by atoms with E-state index in [9.17, 15) is 9.59 Å². The number of benzene rings is 2. The molecule has 6 nitrogen and oxygen atoms in total. The maximum Gasteiger partial charge on any atom is 0.270 e. The van der Waals surface area contributed by atoms with Crippen molar-refractivity contribution in [1.29, 1.82) is 0 Å². The van der Waals surface area contributed by atoms with Crippen molar-refractivity contribution < 1.29 is 18.7 Å². The second-order valence-electron chi connectivity index (χ2n) is 6.82. The minimum absolute atomic E-state index is 0.00648. The Morgan fingerprint density at radius 2 is 1.84 bits per heavy atom. The molecular formula is C23H17ClN2O4S. The molecule has 2 heterocycles. The number of nitrogens with one attached hydrogen (secondary N) is 1. The molecule has 1 aliphatic rings. The summed E-state index contributed by atoms with van der Waals surface area (Å²) in [4.78, 5) is 26.8. The van der Waals surface area contributed by atoms with Crippen LogP contribution in [-0.4, -0.2) is 24.0 Å². The number of ether oxygens (including phenoxy) is 1. The summed E-state index contributed by atoms with van der Waals surface area (Å²) in [6.45, 7) is 1.94. The molecule has 4 rings (SSSR count). The first-order valence-corrected chi connectivity index (χ1v) is 10.1. The lowest BCUT2D eigenvalue weighted by atomic mass is 10.1. The highest BCUT2D eigenvalue weighted by Gasteiger charge is 2.34. The van der Waals surface area contributed by atoms with E-state index in [1.165, 1.54) is 11.0 Å². The number of methoxy groups -OCH3 is 1. The number of rotatable bonds is 4. The van der Waals surface area contributed by atoms with Crippen molar-refractivity contribution in [3.63, 3.8) is 0 Å². The normalized spacial score (nSPS) is 15.4. The zero-order chi connectivity index (χ0) is 22.1. The quantitative estimate of drug-likeness (QED) is 0.351. The second-order valence-corrected chi connectivity index (χ2v) is 7.64. The summed E-state index contributed by atoms with van der Waals surface area (Å²) < 4.78 is 11.0. The van der Waals surface area contributed by atoms with Crippen LogP contribution in [0.2, 0.25) is 5.02 Å². The molecule has 1 saturated heterocycles. The van der Waals surface area contributed by atoms with Gasteiger partial charge in [0.1, 0.15) is 22.8 Å². The lowest BCUT2D eigenvalue weighted by Crippen LogP contribution is -2.54. The van der Waals surface area contributed by atoms with Gasteiger partial charge in [-0.3, -0.25) is 19.8 Å². The van der Waals surface area contributed by atoms with Crippen LogP contribution in [0.25, 0.3) is 17.4 Å². The van der Waals surface area contributed by atoms with E-state index in [4.69, 9.17) is 33.0 Å². The van der Waals surface area contributed by atoms with Crippen molar-refractivity contribution in [2.45, 2.75) is 6.92 Å². The molecule has 156 valence electrons. The summed E-state index contributed by atoms with van der Waals surface area (Å²) in [6.07, 6.45) is 1.40. The SMILES string of the molecule is COc1ccc(N2C(=O)/C(=C\c3ccc(-c4cc(Cl)ccc4C)o3)C(=O)NC2=S)cc1. The first kappa shape index (κ1) is 20.8. The van der Waals surface area contributed by atoms with Gasteiger partial charge in [-0.1, -0.05) is 17.7 Å². The molecule has 3 aromatic rings. The monoisotopic (exact) mass is 452 g/mol. The summed E-state index contributed by atoms with van der Waals surface area (Å²) in [5.41, 5.74) is 2.24. The number of hydrogen-bond donors (Lipinski definition) is 1. The van der Waals surface area contributed by atoms with Gasteiger partial charge in [-0.05, 0) is 79.3 Å². The Morgan fingerprint density at radius 3 is 2.55 bits per heavy atom. The second kappa shape index (κ2) is 8.37. The van der Waals surface area contributed by atoms with Crippen LogP contribution < -0.4 is 15.0 Å². The number of nitrogens with zero attached hydrogens (tertiary/aromatic N) is 1. The van der Waals surface area contributed by atoms with Gasteiger partial charge in [0, 0.05) is 10.6 Å². The maximum absolute atomic E-state index is 13.1. The number of thiocarbonyl (C=S) groups is 1. The summed E-state index contributed by atoms with van der Waals surface area (Å²) in [6, 6.07) is 15.7. The predicted octanol–water partition coefficient (Wildman–Crippen LogP) is 4.75. The molecule has 0 bridgehead atoms. The highest BCUT2D eigenvalue weighted by molar-refractivity contribution is 7.80. The van der Waals surface area contributed by atoms with Gasteiger partial charge >= 0.3 is 0 Å². The van der Waals surface area contributed by atoms with Gasteiger partial charge in [0.05, 0.1) is 12.8 Å². The number of carbonyl (C=O) groups is 2. The molecule has 8 heteroatoms. The fourth-order valence-electron chi connectivity index (χ4n) is 3.20. The minimum Gasteiger partial charge on any atom is -0.497 e. The van der Waals surface area contributed by atoms with Crippen molar-refractivity contribution in [3.8, 4) is 17.1 Å². The molecule has 0 saturated carbocycles. The Labute approximate surface area is 189 Å². The first-order valence-electron chi connectivity index (χ1n) is 9.29. The molecule has 0 aliphatic carbocycles. The zero-order valence-electron chi connectivity index (χ0n) is 16.6. The van der Waals surface area contributed by atoms with Crippen molar-refractivity contribution >= 4 is 52.5 Å². The largest absolute Gasteiger partial charge is 0.497 e. The van der Waals surface area contributed by atoms with Crippen LogP contribution in [0.15, 0.2) is 64.6 Å². The van der Waals surface area contributed by atoms with E-state index >= 15 is 0 Å². The van der Waals surface area contributed by atoms with Gasteiger partial charge in [-0.25, -0.2) is 0 Å². The Bertz CT molecular complexity index is 1230. The van der Waals surface area contributed by atoms with E-state index in [1.54, 1.807) is 55.6 Å². The van der Waals surface area contributed by atoms with E-state index in [2.05, 4.69) is 5.32 Å². The number of carbonyl (C=O) groups excluding carboxylic acids is 2. The molecule has 2 amide bonds. The van der Waals surface area contributed by atoms with Crippen LogP contribution in [-0.2, 0) is 9.59 Å². The van der Waals surface area contributed by atoms with Gasteiger partial charge in [0.25, 0.3) is 11.8 Å². The third kappa shape index (κ3) is 4.10. The van der Waals surface area contributed by atoms with Crippen molar-refractivity contribution in [1.82, 2.24) is 5.32 Å². The number of aryl methyl sites for hydroxylation is 1. The fourth-order valence-corrected chi connectivity index (χ4v) is 3.65. The van der Waals surface area contributed by atoms with Crippen LogP contribution in [0.1, 0.15) is 11.3 Å². The molecular weight excluding hydrogens is 436 g/mol. The summed E-state index contributed by atoms with van der Waals surface area (Å²) >= 11 is 11.3. The van der Waals surface area contributed by atoms with Gasteiger partial charge in [-0.15, -0.1) is 0 Å². The van der Waals surface area contributed by atoms with Crippen molar-refractivity contribution in [2.24, 2.45) is 0 Å². The highest BCUT2D eigenvalue weighted by atomic mass is 35.5. The number of halogens is 1. The average molecular weight is 453 g/mol. The zero-order valence-corrected chi connectivity index (χ0v) is 18.2. The van der Waals surface area contributed by atoms with E-state index in [1.807, 2.05) is 13.0 Å². The average Bonchev–Trinajstić information content (AvgIpc) is 3.21. The third-order valence-corrected chi connectivity index (χ3v) is 5.33. The van der Waals surface area contributed by atoms with Gasteiger partial charge in [-0.2, -0.15) is 0 Å². The predicted molar refractivity (Wildman–Crippen MR) is 123 cm³/mol. The molecule has 31 heavy (non-hydrogen) atoms. The molecule has 1 aliphatic heterocycles. The van der Waals surface area contributed by atoms with Gasteiger partial charge in [0.2, 0.25) is 0 Å². The fraction of sp³-hybridized carbons (Fsp3) is 0.0870. The number of anilines is 1. The van der Waals surface area contributed by atoms with E-state index in [0.717, 1.165) is 11.1 Å². The highest BCUT2D eigenvalue weighted by Crippen LogP contribution is 2.30. The molecule has 1 aromatic heterocycles. The van der Waals surface area contributed by atoms with Gasteiger partial charge < -0.3 is 9.15 Å². The van der Waals surface area contributed by atoms with E-state index in [-0.39, 0.29) is 10.7 Å². The molecule has 1 fully saturated rings. The minimum atomic E-state index is -0.586. The molecule has 0 radical (unpaired) electrons. The number of furan rings is 1. The Hall–Kier alpha value is -3.42. The van der Waals surface area contributed by atoms with Crippen LogP contribution in [0.4, 0.5) is 5.69 Å². The maximum atomic E-state index is 13.1. The van der Waals surface area contributed by atoms with Crippen molar-refractivity contribution in [3.05, 3.63) is 76.5 Å². The Morgan fingerprint density at radius 1 is 1.10 bits per heavy atom. The van der Waals surface area contributed by atoms with Crippen LogP contribution >= 0.6 is 23.8 Å². The van der Waals surface area contributed by atoms with Gasteiger partial charge in [0.15, 0.2) is 5.11 Å². The lowest BCUT2D eigenvalue weighted by Gasteiger charge is -2.28. The smallest absolute Gasteiger partial charge is 0.270 e. The Kier molecular flexibility index (Phi) is 5.63. The lowest BCUT2D eigenvalue weighted by molar-refractivity contribution is -0.122. The molecule has 0 spiro atoms. The van der Waals surface area contributed by atoms with Crippen LogP contribution in [0, 0.1) is 6.92 Å². The van der Waals surface area contributed by atoms with Crippen LogP contribution in [0.5, 0.6) is 5.75 Å².